The molecule has 0 saturated carbocycles. The summed E-state index contributed by atoms with van der Waals surface area (Å²) in [7, 11) is 1.68. The minimum atomic E-state index is 0.239. The highest BCUT2D eigenvalue weighted by Gasteiger charge is 2.10. The molecule has 0 aliphatic heterocycles. The average molecular weight is 276 g/mol. The van der Waals surface area contributed by atoms with E-state index in [0.717, 1.165) is 25.0 Å². The average Bonchev–Trinajstić information content (AvgIpc) is 2.97. The number of thiophene rings is 1. The molecular formula is C16H20O2S. The normalized spacial score (nSPS) is 12.3. The zero-order valence-corrected chi connectivity index (χ0v) is 12.0. The summed E-state index contributed by atoms with van der Waals surface area (Å²) in [6, 6.07) is 12.3. The Labute approximate surface area is 118 Å². The van der Waals surface area contributed by atoms with E-state index in [1.54, 1.807) is 18.4 Å². The van der Waals surface area contributed by atoms with Gasteiger partial charge in [-0.05, 0) is 54.3 Å². The number of hydrogen-bond donors (Lipinski definition) is 1. The predicted octanol–water partition coefficient (Wildman–Crippen LogP) is 3.54. The minimum Gasteiger partial charge on any atom is -0.497 e. The van der Waals surface area contributed by atoms with Crippen molar-refractivity contribution < 1.29 is 9.84 Å². The highest BCUT2D eigenvalue weighted by molar-refractivity contribution is 7.09. The van der Waals surface area contributed by atoms with Crippen LogP contribution in [-0.2, 0) is 12.8 Å². The van der Waals surface area contributed by atoms with E-state index in [1.807, 2.05) is 18.2 Å². The summed E-state index contributed by atoms with van der Waals surface area (Å²) < 4.78 is 5.23. The van der Waals surface area contributed by atoms with Crippen molar-refractivity contribution in [2.45, 2.75) is 19.3 Å². The van der Waals surface area contributed by atoms with Crippen LogP contribution < -0.4 is 4.74 Å². The van der Waals surface area contributed by atoms with Gasteiger partial charge in [0.25, 0.3) is 0 Å². The lowest BCUT2D eigenvalue weighted by atomic mass is 9.95. The summed E-state index contributed by atoms with van der Waals surface area (Å²) in [6.45, 7) is 0.239. The van der Waals surface area contributed by atoms with Crippen molar-refractivity contribution in [1.29, 1.82) is 0 Å². The number of benzene rings is 1. The number of methoxy groups -OCH3 is 1. The summed E-state index contributed by atoms with van der Waals surface area (Å²) in [5.41, 5.74) is 1.23. The van der Waals surface area contributed by atoms with Gasteiger partial charge in [0.15, 0.2) is 0 Å². The fourth-order valence-corrected chi connectivity index (χ4v) is 2.92. The van der Waals surface area contributed by atoms with Gasteiger partial charge in [-0.2, -0.15) is 0 Å². The maximum Gasteiger partial charge on any atom is 0.119 e. The number of ether oxygens (including phenoxy) is 1. The molecule has 0 spiro atoms. The molecule has 1 unspecified atom stereocenters. The molecule has 0 radical (unpaired) electrons. The van der Waals surface area contributed by atoms with Crippen LogP contribution in [0.3, 0.4) is 0 Å². The molecule has 1 aromatic carbocycles. The largest absolute Gasteiger partial charge is 0.497 e. The molecular weight excluding hydrogens is 256 g/mol. The second-order valence-electron chi connectivity index (χ2n) is 4.72. The molecule has 2 aromatic rings. The number of aliphatic hydroxyl groups excluding tert-OH is 1. The Hall–Kier alpha value is -1.32. The number of rotatable bonds is 7. The van der Waals surface area contributed by atoms with Gasteiger partial charge in [-0.1, -0.05) is 18.2 Å². The van der Waals surface area contributed by atoms with E-state index in [9.17, 15) is 5.11 Å². The third-order valence-electron chi connectivity index (χ3n) is 3.30. The van der Waals surface area contributed by atoms with Gasteiger partial charge < -0.3 is 9.84 Å². The third kappa shape index (κ3) is 4.37. The van der Waals surface area contributed by atoms with Crippen LogP contribution >= 0.6 is 11.3 Å². The van der Waals surface area contributed by atoms with Gasteiger partial charge in [0.2, 0.25) is 0 Å². The fraction of sp³-hybridized carbons (Fsp3) is 0.375. The van der Waals surface area contributed by atoms with Gasteiger partial charge in [0.05, 0.1) is 7.11 Å². The highest BCUT2D eigenvalue weighted by atomic mass is 32.1. The fourth-order valence-electron chi connectivity index (χ4n) is 2.19. The Morgan fingerprint density at radius 2 is 2.16 bits per heavy atom. The van der Waals surface area contributed by atoms with Gasteiger partial charge in [0.1, 0.15) is 5.75 Å². The van der Waals surface area contributed by atoms with E-state index in [4.69, 9.17) is 4.74 Å². The first-order chi connectivity index (χ1) is 9.31. The van der Waals surface area contributed by atoms with E-state index in [-0.39, 0.29) is 6.61 Å². The van der Waals surface area contributed by atoms with Crippen LogP contribution in [0, 0.1) is 5.92 Å². The second kappa shape index (κ2) is 7.31. The summed E-state index contributed by atoms with van der Waals surface area (Å²) in [4.78, 5) is 1.39. The summed E-state index contributed by atoms with van der Waals surface area (Å²) in [6.07, 6.45) is 2.97. The van der Waals surface area contributed by atoms with Gasteiger partial charge in [-0.25, -0.2) is 0 Å². The molecule has 0 amide bonds. The number of hydrogen-bond acceptors (Lipinski definition) is 3. The van der Waals surface area contributed by atoms with Crippen LogP contribution in [0.5, 0.6) is 5.75 Å². The van der Waals surface area contributed by atoms with Crippen molar-refractivity contribution >= 4 is 11.3 Å². The molecule has 0 aliphatic rings. The number of aliphatic hydroxyl groups is 1. The molecule has 1 atom stereocenters. The van der Waals surface area contributed by atoms with Crippen molar-refractivity contribution in [1.82, 2.24) is 0 Å². The Balaban J connectivity index is 1.90. The molecule has 1 heterocycles. The molecule has 1 aromatic heterocycles. The Kier molecular flexibility index (Phi) is 5.43. The Morgan fingerprint density at radius 1 is 1.26 bits per heavy atom. The van der Waals surface area contributed by atoms with Crippen LogP contribution in [0.2, 0.25) is 0 Å². The Bertz CT molecular complexity index is 479. The van der Waals surface area contributed by atoms with Crippen LogP contribution in [0.1, 0.15) is 16.9 Å². The molecule has 0 fully saturated rings. The highest BCUT2D eigenvalue weighted by Crippen LogP contribution is 2.20. The molecule has 0 bridgehead atoms. The molecule has 2 nitrogen and oxygen atoms in total. The topological polar surface area (TPSA) is 29.5 Å². The zero-order valence-electron chi connectivity index (χ0n) is 11.2. The third-order valence-corrected chi connectivity index (χ3v) is 4.23. The lowest BCUT2D eigenvalue weighted by Crippen LogP contribution is -2.10. The molecule has 102 valence electrons. The van der Waals surface area contributed by atoms with Crippen molar-refractivity contribution in [2.75, 3.05) is 13.7 Å². The van der Waals surface area contributed by atoms with Crippen molar-refractivity contribution in [2.24, 2.45) is 5.92 Å². The van der Waals surface area contributed by atoms with Gasteiger partial charge in [-0.15, -0.1) is 11.3 Å². The van der Waals surface area contributed by atoms with E-state index in [0.29, 0.717) is 5.92 Å². The minimum absolute atomic E-state index is 0.239. The first-order valence-corrected chi connectivity index (χ1v) is 7.46. The van der Waals surface area contributed by atoms with Crippen LogP contribution in [0.4, 0.5) is 0 Å². The lowest BCUT2D eigenvalue weighted by molar-refractivity contribution is 0.218. The van der Waals surface area contributed by atoms with E-state index in [1.165, 1.54) is 10.4 Å². The SMILES string of the molecule is COc1cccc(CC(CO)CCc2cccs2)c1. The first kappa shape index (κ1) is 14.1. The molecule has 0 saturated heterocycles. The molecule has 19 heavy (non-hydrogen) atoms. The van der Waals surface area contributed by atoms with E-state index >= 15 is 0 Å². The molecule has 0 aliphatic carbocycles. The maximum absolute atomic E-state index is 9.51. The van der Waals surface area contributed by atoms with E-state index < -0.39 is 0 Å². The van der Waals surface area contributed by atoms with Crippen LogP contribution in [-0.4, -0.2) is 18.8 Å². The van der Waals surface area contributed by atoms with Crippen molar-refractivity contribution in [3.05, 3.63) is 52.2 Å². The first-order valence-electron chi connectivity index (χ1n) is 6.58. The maximum atomic E-state index is 9.51. The summed E-state index contributed by atoms with van der Waals surface area (Å²) in [5, 5.41) is 11.6. The Morgan fingerprint density at radius 3 is 2.84 bits per heavy atom. The lowest BCUT2D eigenvalue weighted by Gasteiger charge is -2.14. The van der Waals surface area contributed by atoms with Gasteiger partial charge >= 0.3 is 0 Å². The predicted molar refractivity (Wildman–Crippen MR) is 79.9 cm³/mol. The van der Waals surface area contributed by atoms with Crippen LogP contribution in [0.25, 0.3) is 0 Å². The van der Waals surface area contributed by atoms with Crippen LogP contribution in [0.15, 0.2) is 41.8 Å². The monoisotopic (exact) mass is 276 g/mol. The second-order valence-corrected chi connectivity index (χ2v) is 5.75. The summed E-state index contributed by atoms with van der Waals surface area (Å²) >= 11 is 1.79. The quantitative estimate of drug-likeness (QED) is 0.838. The number of aryl methyl sites for hydroxylation is 1. The zero-order chi connectivity index (χ0) is 13.5. The van der Waals surface area contributed by atoms with Crippen molar-refractivity contribution in [3.63, 3.8) is 0 Å². The molecule has 1 N–H and O–H groups in total. The molecule has 3 heteroatoms. The summed E-state index contributed by atoms with van der Waals surface area (Å²) in [5.74, 6) is 1.20. The van der Waals surface area contributed by atoms with Gasteiger partial charge in [0, 0.05) is 11.5 Å². The van der Waals surface area contributed by atoms with E-state index in [2.05, 4.69) is 23.6 Å². The standard InChI is InChI=1S/C16H20O2S/c1-18-15-5-2-4-13(11-15)10-14(12-17)7-8-16-6-3-9-19-16/h2-6,9,11,14,17H,7-8,10,12H2,1H3. The smallest absolute Gasteiger partial charge is 0.119 e. The van der Waals surface area contributed by atoms with Crippen molar-refractivity contribution in [3.8, 4) is 5.75 Å². The van der Waals surface area contributed by atoms with Gasteiger partial charge in [-0.3, -0.25) is 0 Å². The molecule has 2 rings (SSSR count).